The van der Waals surface area contributed by atoms with E-state index in [2.05, 4.69) is 34.3 Å². The van der Waals surface area contributed by atoms with Crippen molar-refractivity contribution in [1.29, 1.82) is 0 Å². The van der Waals surface area contributed by atoms with Gasteiger partial charge in [0.1, 0.15) is 0 Å². The van der Waals surface area contributed by atoms with E-state index in [1.807, 2.05) is 12.4 Å². The Kier molecular flexibility index (Phi) is 6.46. The predicted molar refractivity (Wildman–Crippen MR) is 89.8 cm³/mol. The molecule has 1 aromatic rings. The van der Waals surface area contributed by atoms with Crippen molar-refractivity contribution in [3.8, 4) is 0 Å². The van der Waals surface area contributed by atoms with Gasteiger partial charge in [-0.15, -0.1) is 12.4 Å². The zero-order valence-electron chi connectivity index (χ0n) is 13.0. The molecule has 118 valence electrons. The summed E-state index contributed by atoms with van der Waals surface area (Å²) in [6.45, 7) is 7.04. The van der Waals surface area contributed by atoms with Crippen LogP contribution >= 0.6 is 12.4 Å². The number of piperazine rings is 1. The van der Waals surface area contributed by atoms with Crippen molar-refractivity contribution in [1.82, 2.24) is 15.2 Å². The molecule has 1 aromatic heterocycles. The molecule has 0 bridgehead atoms. The minimum absolute atomic E-state index is 0. The molecule has 0 radical (unpaired) electrons. The second-order valence-electron chi connectivity index (χ2n) is 6.63. The van der Waals surface area contributed by atoms with E-state index in [1.165, 1.54) is 44.3 Å². The molecule has 2 aliphatic rings. The molecular formula is C17H28ClN3. The monoisotopic (exact) mass is 309 g/mol. The molecule has 0 amide bonds. The van der Waals surface area contributed by atoms with Gasteiger partial charge in [0.2, 0.25) is 0 Å². The van der Waals surface area contributed by atoms with Crippen molar-refractivity contribution in [3.05, 3.63) is 30.1 Å². The van der Waals surface area contributed by atoms with Crippen molar-refractivity contribution < 1.29 is 0 Å². The van der Waals surface area contributed by atoms with Gasteiger partial charge in [0.15, 0.2) is 0 Å². The van der Waals surface area contributed by atoms with Gasteiger partial charge in [0, 0.05) is 44.6 Å². The van der Waals surface area contributed by atoms with Crippen LogP contribution in [0, 0.1) is 11.8 Å². The molecule has 2 heterocycles. The van der Waals surface area contributed by atoms with Crippen LogP contribution in [0.2, 0.25) is 0 Å². The maximum Gasteiger partial charge on any atom is 0.0488 e. The minimum Gasteiger partial charge on any atom is -0.314 e. The van der Waals surface area contributed by atoms with E-state index < -0.39 is 0 Å². The number of halogens is 1. The van der Waals surface area contributed by atoms with E-state index in [4.69, 9.17) is 0 Å². The first-order chi connectivity index (χ1) is 9.83. The number of nitrogens with one attached hydrogen (secondary N) is 1. The molecule has 1 N–H and O–H groups in total. The summed E-state index contributed by atoms with van der Waals surface area (Å²) in [4.78, 5) is 6.99. The zero-order chi connectivity index (χ0) is 13.8. The first-order valence-corrected chi connectivity index (χ1v) is 8.17. The maximum absolute atomic E-state index is 4.30. The van der Waals surface area contributed by atoms with Crippen LogP contribution in [0.3, 0.4) is 0 Å². The van der Waals surface area contributed by atoms with E-state index in [0.717, 1.165) is 24.9 Å². The minimum atomic E-state index is 0. The average molecular weight is 310 g/mol. The second-order valence-corrected chi connectivity index (χ2v) is 6.63. The lowest BCUT2D eigenvalue weighted by Crippen LogP contribution is -2.47. The molecule has 3 rings (SSSR count). The van der Waals surface area contributed by atoms with Gasteiger partial charge in [-0.1, -0.05) is 25.8 Å². The third kappa shape index (κ3) is 4.41. The largest absolute Gasteiger partial charge is 0.314 e. The van der Waals surface area contributed by atoms with Crippen LogP contribution < -0.4 is 5.32 Å². The molecule has 1 saturated carbocycles. The molecule has 2 fully saturated rings. The van der Waals surface area contributed by atoms with Crippen LogP contribution in [0.5, 0.6) is 0 Å². The zero-order valence-corrected chi connectivity index (χ0v) is 13.8. The lowest BCUT2D eigenvalue weighted by atomic mass is 9.82. The lowest BCUT2D eigenvalue weighted by molar-refractivity contribution is 0.117. The van der Waals surface area contributed by atoms with Crippen molar-refractivity contribution in [3.63, 3.8) is 0 Å². The van der Waals surface area contributed by atoms with Crippen molar-refractivity contribution in [2.24, 2.45) is 11.8 Å². The van der Waals surface area contributed by atoms with Gasteiger partial charge in [-0.2, -0.15) is 0 Å². The number of pyridine rings is 1. The molecule has 0 aromatic carbocycles. The van der Waals surface area contributed by atoms with Gasteiger partial charge in [-0.3, -0.25) is 9.88 Å². The molecule has 1 aliphatic heterocycles. The fourth-order valence-corrected chi connectivity index (χ4v) is 3.71. The van der Waals surface area contributed by atoms with E-state index in [1.54, 1.807) is 0 Å². The first kappa shape index (κ1) is 16.7. The van der Waals surface area contributed by atoms with Crippen molar-refractivity contribution >= 4 is 12.4 Å². The predicted octanol–water partition coefficient (Wildman–Crippen LogP) is 3.28. The third-order valence-electron chi connectivity index (χ3n) is 5.05. The lowest BCUT2D eigenvalue weighted by Gasteiger charge is -2.39. The van der Waals surface area contributed by atoms with E-state index in [9.17, 15) is 0 Å². The van der Waals surface area contributed by atoms with E-state index in [-0.39, 0.29) is 12.4 Å². The number of aromatic nitrogens is 1. The van der Waals surface area contributed by atoms with Gasteiger partial charge >= 0.3 is 0 Å². The topological polar surface area (TPSA) is 28.2 Å². The van der Waals surface area contributed by atoms with Gasteiger partial charge < -0.3 is 5.32 Å². The van der Waals surface area contributed by atoms with Crippen LogP contribution in [-0.2, 0) is 0 Å². The number of nitrogens with zero attached hydrogens (tertiary/aromatic N) is 2. The summed E-state index contributed by atoms with van der Waals surface area (Å²) in [6, 6.07) is 4.79. The van der Waals surface area contributed by atoms with Gasteiger partial charge in [-0.25, -0.2) is 0 Å². The Balaban J connectivity index is 0.00000161. The molecule has 1 unspecified atom stereocenters. The Hall–Kier alpha value is -0.640. The van der Waals surface area contributed by atoms with Crippen LogP contribution in [-0.4, -0.2) is 36.1 Å². The number of rotatable bonds is 3. The molecule has 1 saturated heterocycles. The molecule has 4 heteroatoms. The summed E-state index contributed by atoms with van der Waals surface area (Å²) in [5, 5.41) is 3.54. The second kappa shape index (κ2) is 8.11. The summed E-state index contributed by atoms with van der Waals surface area (Å²) >= 11 is 0. The molecule has 21 heavy (non-hydrogen) atoms. The highest BCUT2D eigenvalue weighted by molar-refractivity contribution is 5.85. The average Bonchev–Trinajstić information content (AvgIpc) is 2.51. The fraction of sp³-hybridized carbons (Fsp3) is 0.706. The fourth-order valence-electron chi connectivity index (χ4n) is 3.71. The first-order valence-electron chi connectivity index (χ1n) is 8.17. The SMILES string of the molecule is CC1CCC(CN2CCNCC2c2cccnc2)CC1.Cl. The Labute approximate surface area is 134 Å². The normalized spacial score (nSPS) is 30.6. The standard InChI is InChI=1S/C17H27N3.ClH/c1-14-4-6-15(7-5-14)13-20-10-9-19-12-17(20)16-3-2-8-18-11-16;/h2-3,8,11,14-15,17,19H,4-7,9-10,12-13H2,1H3;1H. The molecule has 1 atom stereocenters. The highest BCUT2D eigenvalue weighted by Gasteiger charge is 2.27. The van der Waals surface area contributed by atoms with Gasteiger partial charge in [0.05, 0.1) is 0 Å². The third-order valence-corrected chi connectivity index (χ3v) is 5.05. The molecule has 3 nitrogen and oxygen atoms in total. The van der Waals surface area contributed by atoms with Gasteiger partial charge in [0.25, 0.3) is 0 Å². The van der Waals surface area contributed by atoms with Crippen LogP contribution in [0.4, 0.5) is 0 Å². The summed E-state index contributed by atoms with van der Waals surface area (Å²) in [7, 11) is 0. The summed E-state index contributed by atoms with van der Waals surface area (Å²) in [5.41, 5.74) is 1.36. The Morgan fingerprint density at radius 1 is 1.29 bits per heavy atom. The van der Waals surface area contributed by atoms with Gasteiger partial charge in [-0.05, 0) is 36.3 Å². The highest BCUT2D eigenvalue weighted by Crippen LogP contribution is 2.31. The van der Waals surface area contributed by atoms with Crippen molar-refractivity contribution in [2.75, 3.05) is 26.2 Å². The Morgan fingerprint density at radius 3 is 2.81 bits per heavy atom. The van der Waals surface area contributed by atoms with Crippen LogP contribution in [0.15, 0.2) is 24.5 Å². The van der Waals surface area contributed by atoms with Crippen molar-refractivity contribution in [2.45, 2.75) is 38.6 Å². The number of hydrogen-bond donors (Lipinski definition) is 1. The molecular weight excluding hydrogens is 282 g/mol. The molecule has 1 aliphatic carbocycles. The number of hydrogen-bond acceptors (Lipinski definition) is 3. The summed E-state index contributed by atoms with van der Waals surface area (Å²) < 4.78 is 0. The van der Waals surface area contributed by atoms with E-state index in [0.29, 0.717) is 6.04 Å². The van der Waals surface area contributed by atoms with E-state index >= 15 is 0 Å². The quantitative estimate of drug-likeness (QED) is 0.929. The maximum atomic E-state index is 4.30. The summed E-state index contributed by atoms with van der Waals surface area (Å²) in [6.07, 6.45) is 9.60. The smallest absolute Gasteiger partial charge is 0.0488 e. The molecule has 0 spiro atoms. The van der Waals surface area contributed by atoms with Crippen LogP contribution in [0.25, 0.3) is 0 Å². The highest BCUT2D eigenvalue weighted by atomic mass is 35.5. The van der Waals surface area contributed by atoms with Crippen LogP contribution in [0.1, 0.15) is 44.2 Å². The Bertz CT molecular complexity index is 404. The summed E-state index contributed by atoms with van der Waals surface area (Å²) in [5.74, 6) is 1.85. The Morgan fingerprint density at radius 2 is 2.10 bits per heavy atom.